The molecule has 3 unspecified atom stereocenters. The zero-order valence-corrected chi connectivity index (χ0v) is 19.5. The summed E-state index contributed by atoms with van der Waals surface area (Å²) in [6.45, 7) is 9.75. The van der Waals surface area contributed by atoms with Crippen molar-refractivity contribution < 1.29 is 19.8 Å². The third-order valence-electron chi connectivity index (χ3n) is 5.89. The van der Waals surface area contributed by atoms with Crippen molar-refractivity contribution in [1.29, 1.82) is 0 Å². The molecule has 1 aromatic rings. The molecule has 10 nitrogen and oxygen atoms in total. The van der Waals surface area contributed by atoms with E-state index in [0.717, 1.165) is 32.1 Å². The van der Waals surface area contributed by atoms with E-state index in [1.165, 1.54) is 0 Å². The summed E-state index contributed by atoms with van der Waals surface area (Å²) in [6, 6.07) is -0.375. The van der Waals surface area contributed by atoms with Gasteiger partial charge in [0.15, 0.2) is 0 Å². The first-order chi connectivity index (χ1) is 14.6. The Bertz CT molecular complexity index is 680. The maximum atomic E-state index is 12.8. The van der Waals surface area contributed by atoms with Crippen LogP contribution in [-0.4, -0.2) is 61.8 Å². The third-order valence-corrected chi connectivity index (χ3v) is 5.89. The Morgan fingerprint density at radius 3 is 2.48 bits per heavy atom. The topological polar surface area (TPSA) is 155 Å². The first-order valence-electron chi connectivity index (χ1n) is 11.2. The van der Waals surface area contributed by atoms with Crippen LogP contribution in [0.3, 0.4) is 0 Å². The molecule has 0 radical (unpaired) electrons. The van der Waals surface area contributed by atoms with Crippen LogP contribution >= 0.6 is 0 Å². The van der Waals surface area contributed by atoms with E-state index in [4.69, 9.17) is 4.79 Å². The minimum atomic E-state index is -1.04. The molecule has 1 aliphatic carbocycles. The number of aliphatic hydroxyl groups is 2. The van der Waals surface area contributed by atoms with Crippen LogP contribution in [0, 0.1) is 0 Å². The smallest absolute Gasteiger partial charge is 0.237 e. The molecule has 2 heterocycles. The van der Waals surface area contributed by atoms with Gasteiger partial charge in [0.05, 0.1) is 35.6 Å². The number of carbonyl (C=O) groups is 2. The largest absolute Gasteiger partial charge is 0.391 e. The standard InChI is InChI=1S/C18H31N5O3.C2H6.CH3NO/c1-12(24)18(7-5-4-6-8-18)21-16(25)14-9-13(10-19-14)23-15(11-20-22-23)17(2,3)26;1-2;2-1-3/h11-14,19,24,26H,4-10H2,1-3H3,(H,21,25);1-2H3;1H,(H2,2,3). The minimum Gasteiger partial charge on any atom is -0.391 e. The highest BCUT2D eigenvalue weighted by molar-refractivity contribution is 5.83. The van der Waals surface area contributed by atoms with Gasteiger partial charge in [-0.05, 0) is 40.0 Å². The van der Waals surface area contributed by atoms with Crippen molar-refractivity contribution in [1.82, 2.24) is 25.6 Å². The summed E-state index contributed by atoms with van der Waals surface area (Å²) in [5.74, 6) is -0.0692. The SMILES string of the molecule is CC.CC(O)C1(NC(=O)C2CC(n3nncc3C(C)(C)O)CN2)CCCCC1.NC=O. The number of nitrogens with one attached hydrogen (secondary N) is 2. The number of aromatic nitrogens is 3. The van der Waals surface area contributed by atoms with E-state index in [0.29, 0.717) is 18.7 Å². The molecular weight excluding hydrogens is 400 g/mol. The number of nitrogens with two attached hydrogens (primary N) is 1. The van der Waals surface area contributed by atoms with Crippen molar-refractivity contribution in [2.75, 3.05) is 6.54 Å². The minimum absolute atomic E-state index is 0.0384. The number of carbonyl (C=O) groups excluding carboxylic acids is 2. The van der Waals surface area contributed by atoms with Crippen molar-refractivity contribution >= 4 is 12.3 Å². The second kappa shape index (κ2) is 12.1. The van der Waals surface area contributed by atoms with E-state index in [-0.39, 0.29) is 24.4 Å². The molecule has 0 spiro atoms. The van der Waals surface area contributed by atoms with Crippen molar-refractivity contribution in [2.45, 2.75) is 102 Å². The Hall–Kier alpha value is -2.04. The molecule has 10 heteroatoms. The van der Waals surface area contributed by atoms with Crippen LogP contribution in [0.5, 0.6) is 0 Å². The molecule has 2 fully saturated rings. The highest BCUT2D eigenvalue weighted by Crippen LogP contribution is 2.32. The third kappa shape index (κ3) is 6.98. The summed E-state index contributed by atoms with van der Waals surface area (Å²) in [6.07, 6.45) is 6.67. The van der Waals surface area contributed by atoms with Gasteiger partial charge < -0.3 is 26.6 Å². The lowest BCUT2D eigenvalue weighted by Gasteiger charge is -2.41. The van der Waals surface area contributed by atoms with E-state index >= 15 is 0 Å². The second-order valence-corrected chi connectivity index (χ2v) is 8.49. The summed E-state index contributed by atoms with van der Waals surface area (Å²) < 4.78 is 1.71. The first kappa shape index (κ1) is 27.0. The van der Waals surface area contributed by atoms with Crippen LogP contribution in [0.4, 0.5) is 0 Å². The molecule has 3 rings (SSSR count). The van der Waals surface area contributed by atoms with E-state index < -0.39 is 17.2 Å². The zero-order chi connectivity index (χ0) is 23.7. The van der Waals surface area contributed by atoms with Crippen LogP contribution in [0.1, 0.15) is 84.9 Å². The number of amides is 2. The molecule has 3 atom stereocenters. The molecular formula is C21H40N6O4. The van der Waals surface area contributed by atoms with Gasteiger partial charge in [0.25, 0.3) is 0 Å². The number of primary amides is 1. The van der Waals surface area contributed by atoms with Gasteiger partial charge >= 0.3 is 0 Å². The van der Waals surface area contributed by atoms with E-state index in [1.54, 1.807) is 31.6 Å². The molecule has 2 aliphatic rings. The monoisotopic (exact) mass is 440 g/mol. The number of nitrogens with zero attached hydrogens (tertiary/aromatic N) is 3. The molecule has 1 saturated heterocycles. The average molecular weight is 441 g/mol. The molecule has 6 N–H and O–H groups in total. The predicted molar refractivity (Wildman–Crippen MR) is 118 cm³/mol. The fourth-order valence-corrected chi connectivity index (χ4v) is 4.22. The Morgan fingerprint density at radius 1 is 1.39 bits per heavy atom. The van der Waals surface area contributed by atoms with Crippen LogP contribution < -0.4 is 16.4 Å². The fraction of sp³-hybridized carbons (Fsp3) is 0.810. The highest BCUT2D eigenvalue weighted by Gasteiger charge is 2.41. The predicted octanol–water partition coefficient (Wildman–Crippen LogP) is 0.736. The molecule has 1 aliphatic heterocycles. The Kier molecular flexibility index (Phi) is 10.5. The van der Waals surface area contributed by atoms with E-state index in [1.807, 2.05) is 13.8 Å². The van der Waals surface area contributed by atoms with Gasteiger partial charge in [-0.3, -0.25) is 9.59 Å². The van der Waals surface area contributed by atoms with Crippen LogP contribution in [0.2, 0.25) is 0 Å². The molecule has 1 saturated carbocycles. The van der Waals surface area contributed by atoms with Crippen molar-refractivity contribution in [2.24, 2.45) is 5.73 Å². The van der Waals surface area contributed by atoms with Crippen molar-refractivity contribution in [3.63, 3.8) is 0 Å². The molecule has 1 aromatic heterocycles. The Morgan fingerprint density at radius 2 is 1.97 bits per heavy atom. The Labute approximate surface area is 185 Å². The van der Waals surface area contributed by atoms with Crippen molar-refractivity contribution in [3.8, 4) is 0 Å². The van der Waals surface area contributed by atoms with Gasteiger partial charge in [-0.1, -0.05) is 38.3 Å². The maximum absolute atomic E-state index is 12.8. The van der Waals surface area contributed by atoms with Gasteiger partial charge in [-0.2, -0.15) is 0 Å². The van der Waals surface area contributed by atoms with Gasteiger partial charge in [0, 0.05) is 6.54 Å². The zero-order valence-electron chi connectivity index (χ0n) is 19.5. The lowest BCUT2D eigenvalue weighted by atomic mass is 9.78. The van der Waals surface area contributed by atoms with Gasteiger partial charge in [-0.25, -0.2) is 4.68 Å². The van der Waals surface area contributed by atoms with Gasteiger partial charge in [-0.15, -0.1) is 5.10 Å². The summed E-state index contributed by atoms with van der Waals surface area (Å²) in [7, 11) is 0. The normalized spacial score (nSPS) is 23.5. The quantitative estimate of drug-likeness (QED) is 0.423. The number of rotatable bonds is 5. The summed E-state index contributed by atoms with van der Waals surface area (Å²) >= 11 is 0. The molecule has 0 bridgehead atoms. The molecule has 31 heavy (non-hydrogen) atoms. The van der Waals surface area contributed by atoms with E-state index in [9.17, 15) is 15.0 Å². The second-order valence-electron chi connectivity index (χ2n) is 8.49. The van der Waals surface area contributed by atoms with Gasteiger partial charge in [0.2, 0.25) is 12.3 Å². The Balaban J connectivity index is 0.000000884. The van der Waals surface area contributed by atoms with E-state index in [2.05, 4.69) is 26.7 Å². The molecule has 178 valence electrons. The number of aliphatic hydroxyl groups excluding tert-OH is 1. The number of hydrogen-bond acceptors (Lipinski definition) is 7. The van der Waals surface area contributed by atoms with Gasteiger partial charge in [0.1, 0.15) is 5.60 Å². The molecule has 2 amide bonds. The summed E-state index contributed by atoms with van der Waals surface area (Å²) in [4.78, 5) is 21.4. The van der Waals surface area contributed by atoms with Crippen LogP contribution in [0.25, 0.3) is 0 Å². The highest BCUT2D eigenvalue weighted by atomic mass is 16.3. The maximum Gasteiger partial charge on any atom is 0.237 e. The summed E-state index contributed by atoms with van der Waals surface area (Å²) in [5, 5.41) is 35.0. The fourth-order valence-electron chi connectivity index (χ4n) is 4.22. The summed E-state index contributed by atoms with van der Waals surface area (Å²) in [5.41, 5.74) is 3.25. The molecule has 0 aromatic carbocycles. The lowest BCUT2D eigenvalue weighted by Crippen LogP contribution is -2.59. The van der Waals surface area contributed by atoms with Crippen molar-refractivity contribution in [3.05, 3.63) is 11.9 Å². The van der Waals surface area contributed by atoms with Crippen LogP contribution in [0.15, 0.2) is 6.20 Å². The lowest BCUT2D eigenvalue weighted by molar-refractivity contribution is -0.127. The number of hydrogen-bond donors (Lipinski definition) is 5. The first-order valence-corrected chi connectivity index (χ1v) is 11.2. The average Bonchev–Trinajstić information content (AvgIpc) is 3.40. The van der Waals surface area contributed by atoms with Crippen LogP contribution in [-0.2, 0) is 15.2 Å².